The molecule has 0 bridgehead atoms. The number of fused-ring (bicyclic) bond motifs is 3. The summed E-state index contributed by atoms with van der Waals surface area (Å²) in [6, 6.07) is 10.5. The van der Waals surface area contributed by atoms with E-state index in [1.54, 1.807) is 0 Å². The van der Waals surface area contributed by atoms with Crippen molar-refractivity contribution in [3.05, 3.63) is 46.6 Å². The van der Waals surface area contributed by atoms with Crippen LogP contribution in [0.2, 0.25) is 0 Å². The zero-order valence-corrected chi connectivity index (χ0v) is 11.6. The summed E-state index contributed by atoms with van der Waals surface area (Å²) in [5, 5.41) is 3.43. The van der Waals surface area contributed by atoms with Crippen molar-refractivity contribution >= 4 is 16.3 Å². The van der Waals surface area contributed by atoms with E-state index in [0.29, 0.717) is 0 Å². The molecule has 0 amide bonds. The standard InChI is InChI=1S/C15H15N3S/c1-10-14(11-5-3-2-4-6-11)17-15-18(10)12-7-8-16-9-13(12)19-15/h2-6,16H,7-9H2,1H3. The van der Waals surface area contributed by atoms with Gasteiger partial charge in [0.05, 0.1) is 5.69 Å². The van der Waals surface area contributed by atoms with Crippen molar-refractivity contribution in [1.82, 2.24) is 14.7 Å². The molecule has 3 aromatic rings. The van der Waals surface area contributed by atoms with Crippen LogP contribution in [0.15, 0.2) is 30.3 Å². The Balaban J connectivity index is 1.96. The summed E-state index contributed by atoms with van der Waals surface area (Å²) in [6.07, 6.45) is 1.10. The Bertz CT molecular complexity index is 740. The SMILES string of the molecule is Cc1c(-c2ccccc2)nc2sc3c(n12)CCNC3. The number of imidazole rings is 1. The van der Waals surface area contributed by atoms with E-state index in [9.17, 15) is 0 Å². The molecule has 1 aliphatic rings. The zero-order valence-electron chi connectivity index (χ0n) is 10.8. The van der Waals surface area contributed by atoms with Gasteiger partial charge in [-0.2, -0.15) is 0 Å². The maximum Gasteiger partial charge on any atom is 0.194 e. The van der Waals surface area contributed by atoms with E-state index in [-0.39, 0.29) is 0 Å². The fraction of sp³-hybridized carbons (Fsp3) is 0.267. The van der Waals surface area contributed by atoms with E-state index in [1.807, 2.05) is 17.4 Å². The second-order valence-corrected chi connectivity index (χ2v) is 5.99. The number of hydrogen-bond acceptors (Lipinski definition) is 3. The summed E-state index contributed by atoms with van der Waals surface area (Å²) in [7, 11) is 0. The largest absolute Gasteiger partial charge is 0.311 e. The van der Waals surface area contributed by atoms with Crippen molar-refractivity contribution in [2.75, 3.05) is 6.54 Å². The van der Waals surface area contributed by atoms with Gasteiger partial charge in [-0.05, 0) is 6.92 Å². The first-order valence-electron chi connectivity index (χ1n) is 6.60. The van der Waals surface area contributed by atoms with Gasteiger partial charge >= 0.3 is 0 Å². The van der Waals surface area contributed by atoms with Crippen LogP contribution in [0, 0.1) is 6.92 Å². The third-order valence-corrected chi connectivity index (χ3v) is 4.84. The predicted octanol–water partition coefficient (Wildman–Crippen LogP) is 3.02. The van der Waals surface area contributed by atoms with Crippen molar-refractivity contribution in [3.63, 3.8) is 0 Å². The lowest BCUT2D eigenvalue weighted by atomic mass is 10.1. The molecule has 19 heavy (non-hydrogen) atoms. The Morgan fingerprint density at radius 2 is 2.11 bits per heavy atom. The fourth-order valence-corrected chi connectivity index (χ4v) is 4.00. The van der Waals surface area contributed by atoms with Gasteiger partial charge in [-0.25, -0.2) is 4.98 Å². The summed E-state index contributed by atoms with van der Waals surface area (Å²) < 4.78 is 2.35. The summed E-state index contributed by atoms with van der Waals surface area (Å²) in [6.45, 7) is 4.23. The minimum atomic E-state index is 0.990. The molecule has 0 fully saturated rings. The quantitative estimate of drug-likeness (QED) is 0.736. The Morgan fingerprint density at radius 3 is 2.95 bits per heavy atom. The molecule has 0 unspecified atom stereocenters. The molecule has 3 nitrogen and oxygen atoms in total. The van der Waals surface area contributed by atoms with E-state index >= 15 is 0 Å². The van der Waals surface area contributed by atoms with Gasteiger partial charge in [0.2, 0.25) is 0 Å². The van der Waals surface area contributed by atoms with Crippen LogP contribution in [0.25, 0.3) is 16.2 Å². The molecule has 4 rings (SSSR count). The van der Waals surface area contributed by atoms with Crippen LogP contribution in [-0.2, 0) is 13.0 Å². The lowest BCUT2D eigenvalue weighted by molar-refractivity contribution is 0.636. The maximum atomic E-state index is 4.84. The number of thiazole rings is 1. The van der Waals surface area contributed by atoms with E-state index in [1.165, 1.54) is 21.8 Å². The number of rotatable bonds is 1. The fourth-order valence-electron chi connectivity index (χ4n) is 2.82. The van der Waals surface area contributed by atoms with Crippen LogP contribution in [0.5, 0.6) is 0 Å². The molecule has 0 saturated carbocycles. The number of benzene rings is 1. The van der Waals surface area contributed by atoms with Gasteiger partial charge in [0.15, 0.2) is 4.96 Å². The molecule has 2 aromatic heterocycles. The summed E-state index contributed by atoms with van der Waals surface area (Å²) in [5.74, 6) is 0. The highest BCUT2D eigenvalue weighted by atomic mass is 32.1. The Labute approximate surface area is 115 Å². The normalized spacial score (nSPS) is 14.8. The first kappa shape index (κ1) is 11.2. The molecule has 1 aliphatic heterocycles. The van der Waals surface area contributed by atoms with E-state index in [2.05, 4.69) is 40.9 Å². The third-order valence-electron chi connectivity index (χ3n) is 3.75. The van der Waals surface area contributed by atoms with Crippen LogP contribution >= 0.6 is 11.3 Å². The molecule has 0 saturated heterocycles. The van der Waals surface area contributed by atoms with Crippen LogP contribution in [0.4, 0.5) is 0 Å². The first-order chi connectivity index (χ1) is 9.34. The predicted molar refractivity (Wildman–Crippen MR) is 78.7 cm³/mol. The molecule has 1 aromatic carbocycles. The van der Waals surface area contributed by atoms with Gasteiger partial charge in [-0.15, -0.1) is 0 Å². The number of nitrogens with one attached hydrogen (secondary N) is 1. The van der Waals surface area contributed by atoms with Crippen LogP contribution in [0.1, 0.15) is 16.3 Å². The molecule has 0 atom stereocenters. The number of nitrogens with zero attached hydrogens (tertiary/aromatic N) is 2. The topological polar surface area (TPSA) is 29.3 Å². The summed E-state index contributed by atoms with van der Waals surface area (Å²) >= 11 is 1.82. The van der Waals surface area contributed by atoms with Crippen LogP contribution in [-0.4, -0.2) is 15.9 Å². The number of aromatic nitrogens is 2. The third kappa shape index (κ3) is 1.64. The van der Waals surface area contributed by atoms with Crippen LogP contribution < -0.4 is 5.32 Å². The molecule has 0 aliphatic carbocycles. The van der Waals surface area contributed by atoms with Gasteiger partial charge < -0.3 is 5.32 Å². The average molecular weight is 269 g/mol. The zero-order chi connectivity index (χ0) is 12.8. The highest BCUT2D eigenvalue weighted by molar-refractivity contribution is 7.17. The molecule has 0 spiro atoms. The van der Waals surface area contributed by atoms with Gasteiger partial charge in [-0.1, -0.05) is 41.7 Å². The van der Waals surface area contributed by atoms with Crippen molar-refractivity contribution in [2.45, 2.75) is 19.9 Å². The summed E-state index contributed by atoms with van der Waals surface area (Å²) in [4.78, 5) is 7.41. The van der Waals surface area contributed by atoms with Gasteiger partial charge in [0, 0.05) is 41.3 Å². The Kier molecular flexibility index (Phi) is 2.47. The molecule has 3 heterocycles. The lowest BCUT2D eigenvalue weighted by Crippen LogP contribution is -2.23. The van der Waals surface area contributed by atoms with E-state index in [4.69, 9.17) is 4.98 Å². The van der Waals surface area contributed by atoms with Gasteiger partial charge in [0.25, 0.3) is 0 Å². The maximum absolute atomic E-state index is 4.84. The van der Waals surface area contributed by atoms with E-state index in [0.717, 1.165) is 30.2 Å². The summed E-state index contributed by atoms with van der Waals surface area (Å²) in [5.41, 5.74) is 5.04. The van der Waals surface area contributed by atoms with Gasteiger partial charge in [-0.3, -0.25) is 4.40 Å². The molecular formula is C15H15N3S. The molecule has 1 N–H and O–H groups in total. The Hall–Kier alpha value is -1.65. The monoisotopic (exact) mass is 269 g/mol. The minimum Gasteiger partial charge on any atom is -0.311 e. The highest BCUT2D eigenvalue weighted by Crippen LogP contribution is 2.32. The van der Waals surface area contributed by atoms with Crippen LogP contribution in [0.3, 0.4) is 0 Å². The van der Waals surface area contributed by atoms with E-state index < -0.39 is 0 Å². The van der Waals surface area contributed by atoms with Gasteiger partial charge in [0.1, 0.15) is 0 Å². The molecule has 0 radical (unpaired) electrons. The highest BCUT2D eigenvalue weighted by Gasteiger charge is 2.20. The van der Waals surface area contributed by atoms with Crippen molar-refractivity contribution < 1.29 is 0 Å². The second-order valence-electron chi connectivity index (χ2n) is 4.93. The smallest absolute Gasteiger partial charge is 0.194 e. The Morgan fingerprint density at radius 1 is 1.26 bits per heavy atom. The number of hydrogen-bond donors (Lipinski definition) is 1. The molecule has 4 heteroatoms. The average Bonchev–Trinajstić information content (AvgIpc) is 2.97. The van der Waals surface area contributed by atoms with Crippen molar-refractivity contribution in [1.29, 1.82) is 0 Å². The number of aryl methyl sites for hydroxylation is 1. The second kappa shape index (κ2) is 4.18. The molecular weight excluding hydrogens is 254 g/mol. The minimum absolute atomic E-state index is 0.990. The van der Waals surface area contributed by atoms with Crippen molar-refractivity contribution in [3.8, 4) is 11.3 Å². The first-order valence-corrected chi connectivity index (χ1v) is 7.42. The van der Waals surface area contributed by atoms with Crippen molar-refractivity contribution in [2.24, 2.45) is 0 Å². The molecule has 96 valence electrons. The lowest BCUT2D eigenvalue weighted by Gasteiger charge is -2.13.